The normalized spacial score (nSPS) is 34.8. The van der Waals surface area contributed by atoms with E-state index in [9.17, 15) is 4.79 Å². The molecule has 1 atom stereocenters. The molecule has 44 valence electrons. The molecule has 2 fully saturated rings. The van der Waals surface area contributed by atoms with E-state index in [1.165, 1.54) is 12.8 Å². The number of rotatable bonds is 0. The molecule has 0 bridgehead atoms. The summed E-state index contributed by atoms with van der Waals surface area (Å²) in [6.07, 6.45) is 3.61. The molecule has 0 spiro atoms. The quantitative estimate of drug-likeness (QED) is 0.414. The van der Waals surface area contributed by atoms with Gasteiger partial charge in [-0.25, -0.2) is 0 Å². The predicted molar refractivity (Wildman–Crippen MR) is 29.4 cm³/mol. The van der Waals surface area contributed by atoms with Crippen LogP contribution in [0.4, 0.5) is 0 Å². The van der Waals surface area contributed by atoms with Crippen molar-refractivity contribution in [3.63, 3.8) is 0 Å². The first kappa shape index (κ1) is 4.36. The second-order valence-corrected chi connectivity index (χ2v) is 2.54. The van der Waals surface area contributed by atoms with Crippen LogP contribution in [0.5, 0.6) is 0 Å². The number of hydrogen-bond acceptors (Lipinski definition) is 1. The number of nitrogens with zero attached hydrogens (tertiary/aromatic N) is 1. The first-order chi connectivity index (χ1) is 3.89. The summed E-state index contributed by atoms with van der Waals surface area (Å²) in [5.41, 5.74) is 0. The maximum atomic E-state index is 10.6. The zero-order valence-electron chi connectivity index (χ0n) is 4.76. The molecule has 2 aliphatic rings. The van der Waals surface area contributed by atoms with Crippen molar-refractivity contribution < 1.29 is 4.79 Å². The topological polar surface area (TPSA) is 20.1 Å². The summed E-state index contributed by atoms with van der Waals surface area (Å²) in [6, 6.07) is 0.365. The van der Waals surface area contributed by atoms with Crippen LogP contribution in [0.1, 0.15) is 19.3 Å². The molecule has 2 heteroatoms. The van der Waals surface area contributed by atoms with Crippen molar-refractivity contribution in [3.8, 4) is 0 Å². The molecule has 0 aromatic heterocycles. The van der Waals surface area contributed by atoms with Gasteiger partial charge in [-0.3, -0.25) is 4.79 Å². The van der Waals surface area contributed by atoms with Gasteiger partial charge >= 0.3 is 0 Å². The minimum absolute atomic E-state index is 0.365. The largest absolute Gasteiger partial charge is 0.329 e. The van der Waals surface area contributed by atoms with Gasteiger partial charge in [-0.15, -0.1) is 0 Å². The van der Waals surface area contributed by atoms with E-state index < -0.39 is 0 Å². The molecule has 0 saturated carbocycles. The van der Waals surface area contributed by atoms with Crippen LogP contribution in [0, 0.1) is 0 Å². The fourth-order valence-corrected chi connectivity index (χ4v) is 1.42. The summed E-state index contributed by atoms with van der Waals surface area (Å²) in [5, 5.41) is 0. The third-order valence-electron chi connectivity index (χ3n) is 2.00. The average molecular weight is 111 g/mol. The van der Waals surface area contributed by atoms with E-state index in [0.717, 1.165) is 13.0 Å². The Hall–Kier alpha value is -0.530. The van der Waals surface area contributed by atoms with Crippen LogP contribution >= 0.6 is 0 Å². The summed E-state index contributed by atoms with van der Waals surface area (Å²) >= 11 is 0. The fraction of sp³-hybridized carbons (Fsp3) is 0.833. The molecule has 1 amide bonds. The molecule has 8 heavy (non-hydrogen) atoms. The highest BCUT2D eigenvalue weighted by atomic mass is 16.2. The van der Waals surface area contributed by atoms with Gasteiger partial charge in [0.25, 0.3) is 0 Å². The summed E-state index contributed by atoms with van der Waals surface area (Å²) in [5.74, 6) is 0.391. The molecule has 0 aromatic carbocycles. The molecule has 1 unspecified atom stereocenters. The van der Waals surface area contributed by atoms with E-state index in [4.69, 9.17) is 0 Å². The minimum Gasteiger partial charge on any atom is -0.329 e. The van der Waals surface area contributed by atoms with E-state index >= 15 is 0 Å². The van der Waals surface area contributed by atoms with Crippen LogP contribution in [0.3, 0.4) is 0 Å². The van der Waals surface area contributed by atoms with E-state index in [1.807, 2.05) is 4.90 Å². The van der Waals surface area contributed by atoms with E-state index in [1.54, 1.807) is 0 Å². The Morgan fingerprint density at radius 3 is 2.88 bits per heavy atom. The summed E-state index contributed by atoms with van der Waals surface area (Å²) in [6.45, 7) is 1.03. The second kappa shape index (κ2) is 1.24. The maximum Gasteiger partial charge on any atom is 0.246 e. The van der Waals surface area contributed by atoms with Gasteiger partial charge in [-0.2, -0.15) is 0 Å². The van der Waals surface area contributed by atoms with Gasteiger partial charge in [0.2, 0.25) is 5.91 Å². The van der Waals surface area contributed by atoms with Crippen molar-refractivity contribution in [3.05, 3.63) is 0 Å². The second-order valence-electron chi connectivity index (χ2n) is 2.54. The van der Waals surface area contributed by atoms with Gasteiger partial charge in [0.05, 0.1) is 0 Å². The van der Waals surface area contributed by atoms with Gasteiger partial charge in [0.1, 0.15) is 6.04 Å². The zero-order chi connectivity index (χ0) is 5.56. The fourth-order valence-electron chi connectivity index (χ4n) is 1.42. The Balaban J connectivity index is 2.07. The summed E-state index contributed by atoms with van der Waals surface area (Å²) in [7, 11) is 0. The van der Waals surface area contributed by atoms with E-state index in [0.29, 0.717) is 11.9 Å². The molecule has 2 saturated heterocycles. The average Bonchev–Trinajstić information content (AvgIpc) is 2.46. The maximum absolute atomic E-state index is 10.6. The number of carbonyl (C=O) groups excluding carboxylic acids is 1. The molecule has 0 N–H and O–H groups in total. The van der Waals surface area contributed by atoms with Crippen molar-refractivity contribution in [1.82, 2.24) is 4.90 Å². The number of fused-ring (bicyclic) bond motifs is 1. The van der Waals surface area contributed by atoms with Crippen LogP contribution in [0.25, 0.3) is 0 Å². The molecule has 2 heterocycles. The van der Waals surface area contributed by atoms with E-state index in [-0.39, 0.29) is 0 Å². The van der Waals surface area contributed by atoms with Crippen molar-refractivity contribution in [1.29, 1.82) is 0 Å². The first-order valence-corrected chi connectivity index (χ1v) is 3.20. The summed E-state index contributed by atoms with van der Waals surface area (Å²) < 4.78 is 0. The molecular formula is C6H9NO. The standard InChI is InChI=1S/C6H9NO/c8-6-5-3-1-2-4-7(5)6/h5H,1-4H2. The lowest BCUT2D eigenvalue weighted by atomic mass is 10.1. The van der Waals surface area contributed by atoms with Crippen LogP contribution in [0.2, 0.25) is 0 Å². The summed E-state index contributed by atoms with van der Waals surface area (Å²) in [4.78, 5) is 12.6. The third kappa shape index (κ3) is 0.403. The van der Waals surface area contributed by atoms with Crippen LogP contribution in [0.15, 0.2) is 0 Å². The highest BCUT2D eigenvalue weighted by Crippen LogP contribution is 2.29. The van der Waals surface area contributed by atoms with Gasteiger partial charge < -0.3 is 4.90 Å². The Bertz CT molecular complexity index is 118. The molecule has 2 nitrogen and oxygen atoms in total. The van der Waals surface area contributed by atoms with E-state index in [2.05, 4.69) is 0 Å². The first-order valence-electron chi connectivity index (χ1n) is 3.20. The minimum atomic E-state index is 0.365. The highest BCUT2D eigenvalue weighted by Gasteiger charge is 2.46. The lowest BCUT2D eigenvalue weighted by Gasteiger charge is -2.06. The zero-order valence-corrected chi connectivity index (χ0v) is 4.76. The number of hydrogen-bond donors (Lipinski definition) is 0. The van der Waals surface area contributed by atoms with Crippen LogP contribution in [-0.2, 0) is 4.79 Å². The van der Waals surface area contributed by atoms with Crippen molar-refractivity contribution >= 4 is 5.91 Å². The molecule has 2 rings (SSSR count). The molecule has 0 radical (unpaired) electrons. The highest BCUT2D eigenvalue weighted by molar-refractivity contribution is 5.96. The number of amides is 1. The van der Waals surface area contributed by atoms with Crippen LogP contribution < -0.4 is 0 Å². The molecule has 0 aromatic rings. The van der Waals surface area contributed by atoms with Gasteiger partial charge in [-0.05, 0) is 19.3 Å². The number of piperidine rings is 1. The van der Waals surface area contributed by atoms with Crippen molar-refractivity contribution in [2.75, 3.05) is 6.54 Å². The Morgan fingerprint density at radius 1 is 1.50 bits per heavy atom. The predicted octanol–water partition coefficient (Wildman–Crippen LogP) is 0.381. The third-order valence-corrected chi connectivity index (χ3v) is 2.00. The monoisotopic (exact) mass is 111 g/mol. The SMILES string of the molecule is O=C1C2CCCCN12. The number of carbonyl (C=O) groups is 1. The Labute approximate surface area is 48.5 Å². The smallest absolute Gasteiger partial charge is 0.246 e. The van der Waals surface area contributed by atoms with Crippen LogP contribution in [-0.4, -0.2) is 23.4 Å². The van der Waals surface area contributed by atoms with Gasteiger partial charge in [-0.1, -0.05) is 0 Å². The molecule has 0 aliphatic carbocycles. The Morgan fingerprint density at radius 2 is 2.38 bits per heavy atom. The lowest BCUT2D eigenvalue weighted by Crippen LogP contribution is -2.09. The van der Waals surface area contributed by atoms with Gasteiger partial charge in [0, 0.05) is 6.54 Å². The molecule has 2 aliphatic heterocycles. The van der Waals surface area contributed by atoms with Crippen molar-refractivity contribution in [2.45, 2.75) is 25.3 Å². The lowest BCUT2D eigenvalue weighted by molar-refractivity contribution is -0.113. The van der Waals surface area contributed by atoms with Gasteiger partial charge in [0.15, 0.2) is 0 Å². The Kier molecular flexibility index (Phi) is 0.678. The molecular weight excluding hydrogens is 102 g/mol. The van der Waals surface area contributed by atoms with Crippen molar-refractivity contribution in [2.24, 2.45) is 0 Å².